The van der Waals surface area contributed by atoms with Crippen LogP contribution in [0.5, 0.6) is 0 Å². The molecule has 3 rings (SSSR count). The Balaban J connectivity index is 2.14. The fourth-order valence-corrected chi connectivity index (χ4v) is 2.76. The van der Waals surface area contributed by atoms with Gasteiger partial charge < -0.3 is 5.32 Å². The summed E-state index contributed by atoms with van der Waals surface area (Å²) in [4.78, 5) is 11.7. The standard InChI is InChI=1S/C11H9BrFNO/c12-8-4-6(13)3-7-9(5-1-2-5)11(15)14-10(7)8/h3-5,9H,1-2H2,(H,14,15). The predicted molar refractivity (Wildman–Crippen MR) is 58.2 cm³/mol. The molecule has 0 saturated heterocycles. The second-order valence-electron chi connectivity index (χ2n) is 4.16. The summed E-state index contributed by atoms with van der Waals surface area (Å²) in [5.41, 5.74) is 1.56. The quantitative estimate of drug-likeness (QED) is 0.835. The SMILES string of the molecule is O=C1Nc2c(Br)cc(F)cc2C1C1CC1. The number of halogens is 2. The van der Waals surface area contributed by atoms with E-state index in [1.807, 2.05) is 0 Å². The molecule has 1 unspecified atom stereocenters. The van der Waals surface area contributed by atoms with E-state index in [0.29, 0.717) is 10.4 Å². The molecule has 0 spiro atoms. The molecule has 0 radical (unpaired) electrons. The third-order valence-electron chi connectivity index (χ3n) is 3.04. The number of carbonyl (C=O) groups is 1. The average Bonchev–Trinajstić information content (AvgIpc) is 2.91. The van der Waals surface area contributed by atoms with E-state index in [9.17, 15) is 9.18 Å². The van der Waals surface area contributed by atoms with Gasteiger partial charge in [-0.3, -0.25) is 4.79 Å². The minimum Gasteiger partial charge on any atom is -0.324 e. The lowest BCUT2D eigenvalue weighted by Gasteiger charge is -2.06. The van der Waals surface area contributed by atoms with Crippen molar-refractivity contribution in [1.82, 2.24) is 0 Å². The molecular weight excluding hydrogens is 261 g/mol. The second kappa shape index (κ2) is 3.04. The normalized spacial score (nSPS) is 23.9. The van der Waals surface area contributed by atoms with Gasteiger partial charge >= 0.3 is 0 Å². The number of fused-ring (bicyclic) bond motifs is 1. The number of rotatable bonds is 1. The molecule has 1 heterocycles. The monoisotopic (exact) mass is 269 g/mol. The highest BCUT2D eigenvalue weighted by Gasteiger charge is 2.43. The maximum absolute atomic E-state index is 13.2. The summed E-state index contributed by atoms with van der Waals surface area (Å²) in [5.74, 6) is 0.00789. The average molecular weight is 270 g/mol. The number of hydrogen-bond acceptors (Lipinski definition) is 1. The smallest absolute Gasteiger partial charge is 0.232 e. The van der Waals surface area contributed by atoms with Crippen LogP contribution in [0.15, 0.2) is 16.6 Å². The number of nitrogens with one attached hydrogen (secondary N) is 1. The molecule has 1 N–H and O–H groups in total. The molecule has 78 valence electrons. The molecule has 15 heavy (non-hydrogen) atoms. The van der Waals surface area contributed by atoms with Crippen molar-refractivity contribution in [3.8, 4) is 0 Å². The van der Waals surface area contributed by atoms with Gasteiger partial charge in [0.15, 0.2) is 0 Å². The van der Waals surface area contributed by atoms with Crippen LogP contribution < -0.4 is 5.32 Å². The van der Waals surface area contributed by atoms with Crippen LogP contribution in [0, 0.1) is 11.7 Å². The highest BCUT2D eigenvalue weighted by atomic mass is 79.9. The first-order valence-electron chi connectivity index (χ1n) is 4.96. The third kappa shape index (κ3) is 1.39. The van der Waals surface area contributed by atoms with Gasteiger partial charge in [-0.15, -0.1) is 0 Å². The van der Waals surface area contributed by atoms with Crippen LogP contribution >= 0.6 is 15.9 Å². The van der Waals surface area contributed by atoms with Crippen molar-refractivity contribution < 1.29 is 9.18 Å². The summed E-state index contributed by atoms with van der Waals surface area (Å²) in [6.45, 7) is 0. The zero-order valence-corrected chi connectivity index (χ0v) is 9.47. The molecule has 1 fully saturated rings. The van der Waals surface area contributed by atoms with Gasteiger partial charge in [-0.25, -0.2) is 4.39 Å². The van der Waals surface area contributed by atoms with Crippen molar-refractivity contribution in [3.05, 3.63) is 28.0 Å². The van der Waals surface area contributed by atoms with E-state index in [2.05, 4.69) is 21.2 Å². The minimum atomic E-state index is -0.289. The predicted octanol–water partition coefficient (Wildman–Crippen LogP) is 3.03. The summed E-state index contributed by atoms with van der Waals surface area (Å²) in [5, 5.41) is 2.81. The molecule has 2 aliphatic rings. The van der Waals surface area contributed by atoms with Crippen LogP contribution in [0.3, 0.4) is 0 Å². The van der Waals surface area contributed by atoms with E-state index in [0.717, 1.165) is 24.1 Å². The Hall–Kier alpha value is -0.900. The Morgan fingerprint density at radius 3 is 2.80 bits per heavy atom. The van der Waals surface area contributed by atoms with Crippen LogP contribution in [0.2, 0.25) is 0 Å². The molecule has 1 aromatic carbocycles. The summed E-state index contributed by atoms with van der Waals surface area (Å²) in [6.07, 6.45) is 2.15. The first kappa shape index (κ1) is 9.33. The van der Waals surface area contributed by atoms with Gasteiger partial charge in [-0.2, -0.15) is 0 Å². The molecule has 1 saturated carbocycles. The summed E-state index contributed by atoms with van der Waals surface area (Å²) in [6, 6.07) is 2.86. The van der Waals surface area contributed by atoms with Gasteiger partial charge in [0, 0.05) is 4.47 Å². The molecule has 1 aliphatic heterocycles. The Morgan fingerprint density at radius 1 is 1.40 bits per heavy atom. The van der Waals surface area contributed by atoms with Crippen LogP contribution in [0.4, 0.5) is 10.1 Å². The zero-order valence-electron chi connectivity index (χ0n) is 7.89. The second-order valence-corrected chi connectivity index (χ2v) is 5.01. The molecule has 1 aliphatic carbocycles. The lowest BCUT2D eigenvalue weighted by molar-refractivity contribution is -0.117. The van der Waals surface area contributed by atoms with Crippen LogP contribution in [-0.4, -0.2) is 5.91 Å². The van der Waals surface area contributed by atoms with E-state index in [-0.39, 0.29) is 17.6 Å². The highest BCUT2D eigenvalue weighted by Crippen LogP contribution is 2.50. The van der Waals surface area contributed by atoms with Crippen LogP contribution in [0.1, 0.15) is 24.3 Å². The number of carbonyl (C=O) groups excluding carboxylic acids is 1. The summed E-state index contributed by atoms with van der Waals surface area (Å²) < 4.78 is 13.9. The van der Waals surface area contributed by atoms with Gasteiger partial charge in [-0.1, -0.05) is 0 Å². The Bertz CT molecular complexity index is 456. The lowest BCUT2D eigenvalue weighted by Crippen LogP contribution is -2.13. The van der Waals surface area contributed by atoms with Gasteiger partial charge in [0.1, 0.15) is 5.82 Å². The lowest BCUT2D eigenvalue weighted by atomic mass is 9.96. The van der Waals surface area contributed by atoms with Gasteiger partial charge in [0.25, 0.3) is 0 Å². The van der Waals surface area contributed by atoms with Gasteiger partial charge in [0.05, 0.1) is 11.6 Å². The molecule has 2 nitrogen and oxygen atoms in total. The Morgan fingerprint density at radius 2 is 2.13 bits per heavy atom. The van der Waals surface area contributed by atoms with Crippen molar-refractivity contribution >= 4 is 27.5 Å². The van der Waals surface area contributed by atoms with Crippen LogP contribution in [-0.2, 0) is 4.79 Å². The maximum atomic E-state index is 13.2. The first-order chi connectivity index (χ1) is 7.16. The van der Waals surface area contributed by atoms with Crippen LogP contribution in [0.25, 0.3) is 0 Å². The van der Waals surface area contributed by atoms with E-state index in [1.165, 1.54) is 12.1 Å². The van der Waals surface area contributed by atoms with Crippen molar-refractivity contribution in [2.75, 3.05) is 5.32 Å². The number of anilines is 1. The molecule has 4 heteroatoms. The fraction of sp³-hybridized carbons (Fsp3) is 0.364. The molecule has 0 aromatic heterocycles. The third-order valence-corrected chi connectivity index (χ3v) is 3.67. The number of amides is 1. The number of benzene rings is 1. The van der Waals surface area contributed by atoms with Crippen molar-refractivity contribution in [3.63, 3.8) is 0 Å². The molecule has 1 amide bonds. The van der Waals surface area contributed by atoms with Crippen molar-refractivity contribution in [2.24, 2.45) is 5.92 Å². The highest BCUT2D eigenvalue weighted by molar-refractivity contribution is 9.10. The molecule has 1 aromatic rings. The first-order valence-corrected chi connectivity index (χ1v) is 5.76. The zero-order chi connectivity index (χ0) is 10.6. The molecule has 0 bridgehead atoms. The van der Waals surface area contributed by atoms with Gasteiger partial charge in [-0.05, 0) is 52.4 Å². The van der Waals surface area contributed by atoms with Crippen molar-refractivity contribution in [1.29, 1.82) is 0 Å². The summed E-state index contributed by atoms with van der Waals surface area (Å²) in [7, 11) is 0. The Kier molecular flexibility index (Phi) is 1.89. The Labute approximate surface area is 95.0 Å². The largest absolute Gasteiger partial charge is 0.324 e. The van der Waals surface area contributed by atoms with E-state index in [1.54, 1.807) is 0 Å². The van der Waals surface area contributed by atoms with E-state index < -0.39 is 0 Å². The molecular formula is C11H9BrFNO. The van der Waals surface area contributed by atoms with E-state index in [4.69, 9.17) is 0 Å². The van der Waals surface area contributed by atoms with Gasteiger partial charge in [0.2, 0.25) is 5.91 Å². The van der Waals surface area contributed by atoms with Crippen molar-refractivity contribution in [2.45, 2.75) is 18.8 Å². The summed E-state index contributed by atoms with van der Waals surface area (Å²) >= 11 is 3.27. The molecule has 1 atom stereocenters. The topological polar surface area (TPSA) is 29.1 Å². The fourth-order valence-electron chi connectivity index (χ4n) is 2.21. The minimum absolute atomic E-state index is 0.0128. The number of hydrogen-bond donors (Lipinski definition) is 1. The van der Waals surface area contributed by atoms with E-state index >= 15 is 0 Å². The maximum Gasteiger partial charge on any atom is 0.232 e.